The molecule has 21 heavy (non-hydrogen) atoms. The van der Waals surface area contributed by atoms with Crippen molar-refractivity contribution in [2.24, 2.45) is 5.92 Å². The molecule has 0 radical (unpaired) electrons. The maximum atomic E-state index is 11.5. The van der Waals surface area contributed by atoms with Crippen molar-refractivity contribution in [2.45, 2.75) is 33.1 Å². The second kappa shape index (κ2) is 6.60. The van der Waals surface area contributed by atoms with Gasteiger partial charge in [0.1, 0.15) is 18.0 Å². The van der Waals surface area contributed by atoms with Gasteiger partial charge in [0, 0.05) is 18.7 Å². The van der Waals surface area contributed by atoms with Gasteiger partial charge in [0.2, 0.25) is 0 Å². The van der Waals surface area contributed by atoms with Crippen LogP contribution in [0.25, 0.3) is 0 Å². The predicted molar refractivity (Wildman–Crippen MR) is 85.5 cm³/mol. The SMILES string of the molecule is CCNc1ncnc(NCC2CCS(=O)(=O)C2)c1C(C)C. The zero-order valence-electron chi connectivity index (χ0n) is 12.9. The highest BCUT2D eigenvalue weighted by Crippen LogP contribution is 2.29. The molecule has 2 N–H and O–H groups in total. The summed E-state index contributed by atoms with van der Waals surface area (Å²) in [6.45, 7) is 7.68. The van der Waals surface area contributed by atoms with Crippen molar-refractivity contribution in [3.63, 3.8) is 0 Å². The number of rotatable bonds is 6. The summed E-state index contributed by atoms with van der Waals surface area (Å²) in [4.78, 5) is 8.62. The quantitative estimate of drug-likeness (QED) is 0.834. The maximum absolute atomic E-state index is 11.5. The third kappa shape index (κ3) is 4.06. The molecule has 1 aliphatic heterocycles. The van der Waals surface area contributed by atoms with Gasteiger partial charge in [0.05, 0.1) is 11.5 Å². The van der Waals surface area contributed by atoms with Gasteiger partial charge in [0.15, 0.2) is 9.84 Å². The molecule has 1 fully saturated rings. The summed E-state index contributed by atoms with van der Waals surface area (Å²) in [7, 11) is -2.83. The fraction of sp³-hybridized carbons (Fsp3) is 0.714. The molecule has 0 aliphatic carbocycles. The number of sulfone groups is 1. The van der Waals surface area contributed by atoms with Gasteiger partial charge >= 0.3 is 0 Å². The second-order valence-electron chi connectivity index (χ2n) is 5.82. The molecule has 7 heteroatoms. The van der Waals surface area contributed by atoms with Crippen LogP contribution in [0.4, 0.5) is 11.6 Å². The summed E-state index contributed by atoms with van der Waals surface area (Å²) in [5.41, 5.74) is 1.06. The predicted octanol–water partition coefficient (Wildman–Crippen LogP) is 1.88. The summed E-state index contributed by atoms with van der Waals surface area (Å²) in [6, 6.07) is 0. The van der Waals surface area contributed by atoms with E-state index < -0.39 is 9.84 Å². The van der Waals surface area contributed by atoms with E-state index in [0.29, 0.717) is 12.3 Å². The molecule has 0 bridgehead atoms. The monoisotopic (exact) mass is 312 g/mol. The first kappa shape index (κ1) is 16.0. The Morgan fingerprint density at radius 3 is 2.48 bits per heavy atom. The fourth-order valence-corrected chi connectivity index (χ4v) is 4.53. The Morgan fingerprint density at radius 2 is 1.95 bits per heavy atom. The van der Waals surface area contributed by atoms with Crippen LogP contribution in [0.3, 0.4) is 0 Å². The first-order chi connectivity index (χ1) is 9.93. The van der Waals surface area contributed by atoms with Crippen LogP contribution in [-0.4, -0.2) is 43.0 Å². The van der Waals surface area contributed by atoms with Crippen LogP contribution in [0, 0.1) is 5.92 Å². The van der Waals surface area contributed by atoms with Gasteiger partial charge in [-0.1, -0.05) is 13.8 Å². The molecule has 6 nitrogen and oxygen atoms in total. The zero-order valence-corrected chi connectivity index (χ0v) is 13.7. The molecule has 2 heterocycles. The van der Waals surface area contributed by atoms with Gasteiger partial charge in [-0.05, 0) is 25.2 Å². The highest BCUT2D eigenvalue weighted by Gasteiger charge is 2.28. The molecule has 1 atom stereocenters. The second-order valence-corrected chi connectivity index (χ2v) is 8.05. The van der Waals surface area contributed by atoms with E-state index in [2.05, 4.69) is 34.4 Å². The van der Waals surface area contributed by atoms with Crippen LogP contribution in [0.1, 0.15) is 38.7 Å². The molecule has 0 saturated carbocycles. The summed E-state index contributed by atoms with van der Waals surface area (Å²) in [5, 5.41) is 6.57. The summed E-state index contributed by atoms with van der Waals surface area (Å²) in [6.07, 6.45) is 2.27. The van der Waals surface area contributed by atoms with Crippen molar-refractivity contribution in [2.75, 3.05) is 35.2 Å². The van der Waals surface area contributed by atoms with Gasteiger partial charge in [-0.25, -0.2) is 18.4 Å². The number of hydrogen-bond acceptors (Lipinski definition) is 6. The van der Waals surface area contributed by atoms with E-state index in [9.17, 15) is 8.42 Å². The van der Waals surface area contributed by atoms with Crippen LogP contribution in [0.5, 0.6) is 0 Å². The van der Waals surface area contributed by atoms with E-state index >= 15 is 0 Å². The molecule has 0 amide bonds. The number of hydrogen-bond donors (Lipinski definition) is 2. The molecule has 1 aromatic rings. The highest BCUT2D eigenvalue weighted by molar-refractivity contribution is 7.91. The molecule has 2 rings (SSSR count). The average molecular weight is 312 g/mol. The van der Waals surface area contributed by atoms with Crippen molar-refractivity contribution >= 4 is 21.5 Å². The minimum Gasteiger partial charge on any atom is -0.370 e. The molecule has 1 aliphatic rings. The average Bonchev–Trinajstić information content (AvgIpc) is 2.76. The minimum absolute atomic E-state index is 0.174. The Bertz CT molecular complexity index is 587. The van der Waals surface area contributed by atoms with Crippen LogP contribution in [-0.2, 0) is 9.84 Å². The van der Waals surface area contributed by atoms with E-state index in [1.807, 2.05) is 6.92 Å². The van der Waals surface area contributed by atoms with Crippen molar-refractivity contribution < 1.29 is 8.42 Å². The van der Waals surface area contributed by atoms with E-state index in [-0.39, 0.29) is 17.6 Å². The smallest absolute Gasteiger partial charge is 0.150 e. The lowest BCUT2D eigenvalue weighted by Gasteiger charge is -2.18. The highest BCUT2D eigenvalue weighted by atomic mass is 32.2. The largest absolute Gasteiger partial charge is 0.370 e. The van der Waals surface area contributed by atoms with Crippen LogP contribution >= 0.6 is 0 Å². The van der Waals surface area contributed by atoms with Crippen molar-refractivity contribution in [1.82, 2.24) is 9.97 Å². The Morgan fingerprint density at radius 1 is 1.29 bits per heavy atom. The standard InChI is InChI=1S/C14H24N4O2S/c1-4-15-13-12(10(2)3)14(18-9-17-13)16-7-11-5-6-21(19,20)8-11/h9-11H,4-8H2,1-3H3,(H2,15,16,17,18). The third-order valence-corrected chi connectivity index (χ3v) is 5.53. The summed E-state index contributed by atoms with van der Waals surface area (Å²) < 4.78 is 23.0. The number of aromatic nitrogens is 2. The van der Waals surface area contributed by atoms with E-state index in [1.54, 1.807) is 0 Å². The van der Waals surface area contributed by atoms with Crippen molar-refractivity contribution in [1.29, 1.82) is 0 Å². The molecule has 0 spiro atoms. The zero-order chi connectivity index (χ0) is 15.5. The molecule has 1 aromatic heterocycles. The topological polar surface area (TPSA) is 84.0 Å². The molecular weight excluding hydrogens is 288 g/mol. The Labute approximate surface area is 126 Å². The fourth-order valence-electron chi connectivity index (χ4n) is 2.67. The van der Waals surface area contributed by atoms with Crippen molar-refractivity contribution in [3.05, 3.63) is 11.9 Å². The molecular formula is C14H24N4O2S. The Kier molecular flexibility index (Phi) is 5.03. The van der Waals surface area contributed by atoms with Gasteiger partial charge in [-0.3, -0.25) is 0 Å². The van der Waals surface area contributed by atoms with Gasteiger partial charge in [-0.15, -0.1) is 0 Å². The van der Waals surface area contributed by atoms with E-state index in [4.69, 9.17) is 0 Å². The molecule has 1 unspecified atom stereocenters. The van der Waals surface area contributed by atoms with E-state index in [1.165, 1.54) is 6.33 Å². The molecule has 0 aromatic carbocycles. The van der Waals surface area contributed by atoms with Crippen molar-refractivity contribution in [3.8, 4) is 0 Å². The Balaban J connectivity index is 2.11. The number of nitrogens with zero attached hydrogens (tertiary/aromatic N) is 2. The van der Waals surface area contributed by atoms with Crippen LogP contribution in [0.2, 0.25) is 0 Å². The first-order valence-corrected chi connectivity index (χ1v) is 9.28. The Hall–Kier alpha value is -1.37. The molecule has 1 saturated heterocycles. The lowest BCUT2D eigenvalue weighted by atomic mass is 10.0. The van der Waals surface area contributed by atoms with Gasteiger partial charge in [0.25, 0.3) is 0 Å². The van der Waals surface area contributed by atoms with Gasteiger partial charge < -0.3 is 10.6 Å². The summed E-state index contributed by atoms with van der Waals surface area (Å²) in [5.74, 6) is 2.71. The maximum Gasteiger partial charge on any atom is 0.150 e. The normalized spacial score (nSPS) is 20.7. The lowest BCUT2D eigenvalue weighted by Crippen LogP contribution is -2.18. The number of nitrogens with one attached hydrogen (secondary N) is 2. The number of anilines is 2. The third-order valence-electron chi connectivity index (χ3n) is 3.69. The van der Waals surface area contributed by atoms with E-state index in [0.717, 1.165) is 30.2 Å². The first-order valence-electron chi connectivity index (χ1n) is 7.46. The molecule has 118 valence electrons. The minimum atomic E-state index is -2.83. The van der Waals surface area contributed by atoms with Crippen LogP contribution < -0.4 is 10.6 Å². The lowest BCUT2D eigenvalue weighted by molar-refractivity contribution is 0.595. The summed E-state index contributed by atoms with van der Waals surface area (Å²) >= 11 is 0. The van der Waals surface area contributed by atoms with Crippen LogP contribution in [0.15, 0.2) is 6.33 Å². The van der Waals surface area contributed by atoms with Gasteiger partial charge in [-0.2, -0.15) is 0 Å².